The number of hydrogen-bond acceptors (Lipinski definition) is 5. The summed E-state index contributed by atoms with van der Waals surface area (Å²) in [7, 11) is 1.95. The SMILES string of the molecule is CCCC(C)Nc1nc(Nc2ccc(CC)cc2)nc2c1ncn2C. The summed E-state index contributed by atoms with van der Waals surface area (Å²) in [5.41, 5.74) is 3.90. The first kappa shape index (κ1) is 17.2. The Kier molecular flexibility index (Phi) is 5.16. The van der Waals surface area contributed by atoms with Gasteiger partial charge in [-0.1, -0.05) is 32.4 Å². The lowest BCUT2D eigenvalue weighted by atomic mass is 10.1. The van der Waals surface area contributed by atoms with Gasteiger partial charge in [0.1, 0.15) is 0 Å². The highest BCUT2D eigenvalue weighted by Crippen LogP contribution is 2.23. The second-order valence-electron chi connectivity index (χ2n) is 6.43. The van der Waals surface area contributed by atoms with Crippen molar-refractivity contribution in [1.29, 1.82) is 0 Å². The second-order valence-corrected chi connectivity index (χ2v) is 6.43. The number of nitrogens with one attached hydrogen (secondary N) is 2. The Morgan fingerprint density at radius 3 is 2.56 bits per heavy atom. The number of hydrogen-bond donors (Lipinski definition) is 2. The average molecular weight is 338 g/mol. The van der Waals surface area contributed by atoms with Gasteiger partial charge in [-0.05, 0) is 37.5 Å². The van der Waals surface area contributed by atoms with Gasteiger partial charge in [-0.25, -0.2) is 4.98 Å². The third-order valence-corrected chi connectivity index (χ3v) is 4.28. The van der Waals surface area contributed by atoms with Gasteiger partial charge >= 0.3 is 0 Å². The van der Waals surface area contributed by atoms with E-state index in [-0.39, 0.29) is 0 Å². The highest BCUT2D eigenvalue weighted by Gasteiger charge is 2.14. The predicted octanol–water partition coefficient (Wildman–Crippen LogP) is 4.27. The Labute approximate surface area is 148 Å². The maximum Gasteiger partial charge on any atom is 0.231 e. The minimum absolute atomic E-state index is 0.335. The van der Waals surface area contributed by atoms with E-state index in [9.17, 15) is 0 Å². The van der Waals surface area contributed by atoms with Gasteiger partial charge in [0.05, 0.1) is 6.33 Å². The van der Waals surface area contributed by atoms with Gasteiger partial charge in [-0.3, -0.25) is 0 Å². The van der Waals surface area contributed by atoms with Crippen LogP contribution in [0, 0.1) is 0 Å². The Morgan fingerprint density at radius 2 is 1.88 bits per heavy atom. The monoisotopic (exact) mass is 338 g/mol. The van der Waals surface area contributed by atoms with Gasteiger partial charge in [0, 0.05) is 18.8 Å². The Morgan fingerprint density at radius 1 is 1.12 bits per heavy atom. The largest absolute Gasteiger partial charge is 0.366 e. The zero-order valence-corrected chi connectivity index (χ0v) is 15.4. The van der Waals surface area contributed by atoms with Crippen LogP contribution in [0.4, 0.5) is 17.5 Å². The maximum atomic E-state index is 4.67. The summed E-state index contributed by atoms with van der Waals surface area (Å²) in [5.74, 6) is 1.35. The molecule has 6 nitrogen and oxygen atoms in total. The summed E-state index contributed by atoms with van der Waals surface area (Å²) >= 11 is 0. The van der Waals surface area contributed by atoms with Crippen molar-refractivity contribution in [3.8, 4) is 0 Å². The van der Waals surface area contributed by atoms with E-state index in [1.54, 1.807) is 6.33 Å². The smallest absolute Gasteiger partial charge is 0.231 e. The van der Waals surface area contributed by atoms with Gasteiger partial charge in [0.2, 0.25) is 5.95 Å². The van der Waals surface area contributed by atoms with Gasteiger partial charge in [0.25, 0.3) is 0 Å². The Balaban J connectivity index is 1.92. The molecule has 1 aromatic carbocycles. The number of nitrogens with zero attached hydrogens (tertiary/aromatic N) is 4. The molecule has 0 fully saturated rings. The van der Waals surface area contributed by atoms with Crippen molar-refractivity contribution in [3.05, 3.63) is 36.2 Å². The van der Waals surface area contributed by atoms with E-state index in [4.69, 9.17) is 0 Å². The molecule has 0 saturated heterocycles. The standard InChI is InChI=1S/C19H26N6/c1-5-7-13(3)21-17-16-18(25(4)12-20-16)24-19(23-17)22-15-10-8-14(6-2)9-11-15/h8-13H,5-7H2,1-4H3,(H2,21,22,23,24). The maximum absolute atomic E-state index is 4.67. The van der Waals surface area contributed by atoms with Crippen molar-refractivity contribution in [1.82, 2.24) is 19.5 Å². The molecule has 0 radical (unpaired) electrons. The predicted molar refractivity (Wildman–Crippen MR) is 103 cm³/mol. The van der Waals surface area contributed by atoms with Crippen LogP contribution in [0.15, 0.2) is 30.6 Å². The van der Waals surface area contributed by atoms with E-state index in [0.29, 0.717) is 12.0 Å². The number of aromatic nitrogens is 4. The third kappa shape index (κ3) is 3.90. The van der Waals surface area contributed by atoms with Crippen LogP contribution in [0.2, 0.25) is 0 Å². The minimum atomic E-state index is 0.335. The normalized spacial score (nSPS) is 12.3. The summed E-state index contributed by atoms with van der Waals surface area (Å²) in [6.07, 6.45) is 5.01. The summed E-state index contributed by atoms with van der Waals surface area (Å²) in [6, 6.07) is 8.69. The molecule has 0 saturated carbocycles. The molecule has 0 aliphatic rings. The molecular weight excluding hydrogens is 312 g/mol. The molecule has 3 aromatic rings. The van der Waals surface area contributed by atoms with Crippen LogP contribution in [-0.4, -0.2) is 25.6 Å². The minimum Gasteiger partial charge on any atom is -0.366 e. The highest BCUT2D eigenvalue weighted by molar-refractivity contribution is 5.84. The average Bonchev–Trinajstić information content (AvgIpc) is 2.97. The number of rotatable bonds is 7. The van der Waals surface area contributed by atoms with Crippen molar-refractivity contribution in [2.45, 2.75) is 46.1 Å². The third-order valence-electron chi connectivity index (χ3n) is 4.28. The van der Waals surface area contributed by atoms with Gasteiger partial charge < -0.3 is 15.2 Å². The van der Waals surface area contributed by atoms with E-state index >= 15 is 0 Å². The Bertz CT molecular complexity index is 837. The van der Waals surface area contributed by atoms with Crippen LogP contribution in [0.3, 0.4) is 0 Å². The molecule has 25 heavy (non-hydrogen) atoms. The second kappa shape index (κ2) is 7.51. The zero-order chi connectivity index (χ0) is 17.8. The van der Waals surface area contributed by atoms with Crippen LogP contribution < -0.4 is 10.6 Å². The van der Waals surface area contributed by atoms with Crippen molar-refractivity contribution < 1.29 is 0 Å². The van der Waals surface area contributed by atoms with Crippen LogP contribution in [0.5, 0.6) is 0 Å². The molecule has 0 spiro atoms. The summed E-state index contributed by atoms with van der Waals surface area (Å²) in [5, 5.41) is 6.78. The molecule has 2 heterocycles. The molecule has 6 heteroatoms. The fourth-order valence-electron chi connectivity index (χ4n) is 2.85. The van der Waals surface area contributed by atoms with Crippen LogP contribution in [-0.2, 0) is 13.5 Å². The van der Waals surface area contributed by atoms with Gasteiger partial charge in [-0.2, -0.15) is 9.97 Å². The molecular formula is C19H26N6. The van der Waals surface area contributed by atoms with E-state index in [1.807, 2.05) is 11.6 Å². The van der Waals surface area contributed by atoms with Crippen molar-refractivity contribution in [2.24, 2.45) is 7.05 Å². The molecule has 2 N–H and O–H groups in total. The highest BCUT2D eigenvalue weighted by atomic mass is 15.2. The topological polar surface area (TPSA) is 67.7 Å². The molecule has 1 unspecified atom stereocenters. The van der Waals surface area contributed by atoms with E-state index in [1.165, 1.54) is 5.56 Å². The zero-order valence-electron chi connectivity index (χ0n) is 15.4. The molecule has 0 bridgehead atoms. The summed E-state index contributed by atoms with van der Waals surface area (Å²) < 4.78 is 1.91. The first-order chi connectivity index (χ1) is 12.1. The lowest BCUT2D eigenvalue weighted by molar-refractivity contribution is 0.688. The number of anilines is 3. The van der Waals surface area contributed by atoms with Crippen molar-refractivity contribution in [2.75, 3.05) is 10.6 Å². The quantitative estimate of drug-likeness (QED) is 0.673. The summed E-state index contributed by atoms with van der Waals surface area (Å²) in [4.78, 5) is 13.7. The summed E-state index contributed by atoms with van der Waals surface area (Å²) in [6.45, 7) is 6.50. The van der Waals surface area contributed by atoms with Crippen molar-refractivity contribution >= 4 is 28.6 Å². The van der Waals surface area contributed by atoms with Crippen molar-refractivity contribution in [3.63, 3.8) is 0 Å². The number of benzene rings is 1. The van der Waals surface area contributed by atoms with E-state index in [2.05, 4.69) is 70.6 Å². The molecule has 2 aromatic heterocycles. The first-order valence-electron chi connectivity index (χ1n) is 8.92. The molecule has 3 rings (SSSR count). The number of aryl methyl sites for hydroxylation is 2. The van der Waals surface area contributed by atoms with Crippen LogP contribution in [0.25, 0.3) is 11.2 Å². The molecule has 132 valence electrons. The van der Waals surface area contributed by atoms with Gasteiger partial charge in [0.15, 0.2) is 17.0 Å². The Hall–Kier alpha value is -2.63. The number of imidazole rings is 1. The fraction of sp³-hybridized carbons (Fsp3) is 0.421. The van der Waals surface area contributed by atoms with Crippen LogP contribution >= 0.6 is 0 Å². The fourth-order valence-corrected chi connectivity index (χ4v) is 2.85. The first-order valence-corrected chi connectivity index (χ1v) is 8.92. The molecule has 1 atom stereocenters. The molecule has 0 amide bonds. The lowest BCUT2D eigenvalue weighted by Crippen LogP contribution is -2.16. The molecule has 0 aliphatic heterocycles. The van der Waals surface area contributed by atoms with Gasteiger partial charge in [-0.15, -0.1) is 0 Å². The number of fused-ring (bicyclic) bond motifs is 1. The van der Waals surface area contributed by atoms with E-state index < -0.39 is 0 Å². The molecule has 0 aliphatic carbocycles. The lowest BCUT2D eigenvalue weighted by Gasteiger charge is -2.15. The van der Waals surface area contributed by atoms with Crippen LogP contribution in [0.1, 0.15) is 39.2 Å². The van der Waals surface area contributed by atoms with E-state index in [0.717, 1.165) is 41.9 Å².